The molecule has 22 heavy (non-hydrogen) atoms. The molecule has 1 aromatic carbocycles. The molecule has 114 valence electrons. The Balaban J connectivity index is 1.54. The van der Waals surface area contributed by atoms with E-state index in [0.717, 1.165) is 30.2 Å². The lowest BCUT2D eigenvalue weighted by molar-refractivity contribution is 0.211. The van der Waals surface area contributed by atoms with E-state index in [0.29, 0.717) is 12.1 Å². The van der Waals surface area contributed by atoms with Gasteiger partial charge in [-0.2, -0.15) is 0 Å². The molecule has 2 unspecified atom stereocenters. The molecule has 0 saturated carbocycles. The van der Waals surface area contributed by atoms with Crippen LogP contribution in [0.15, 0.2) is 36.4 Å². The highest BCUT2D eigenvalue weighted by Crippen LogP contribution is 2.30. The van der Waals surface area contributed by atoms with Crippen LogP contribution in [0.25, 0.3) is 11.3 Å². The van der Waals surface area contributed by atoms with Gasteiger partial charge < -0.3 is 4.90 Å². The Morgan fingerprint density at radius 1 is 0.955 bits per heavy atom. The van der Waals surface area contributed by atoms with E-state index in [9.17, 15) is 4.39 Å². The van der Waals surface area contributed by atoms with Crippen molar-refractivity contribution in [2.45, 2.75) is 24.9 Å². The summed E-state index contributed by atoms with van der Waals surface area (Å²) < 4.78 is 13.0. The number of fused-ring (bicyclic) bond motifs is 2. The maximum Gasteiger partial charge on any atom is 0.151 e. The fourth-order valence-corrected chi connectivity index (χ4v) is 3.57. The lowest BCUT2D eigenvalue weighted by Gasteiger charge is -2.39. The summed E-state index contributed by atoms with van der Waals surface area (Å²) in [5, 5.41) is 8.70. The Labute approximate surface area is 129 Å². The summed E-state index contributed by atoms with van der Waals surface area (Å²) in [7, 11) is 2.23. The molecule has 0 amide bonds. The maximum absolute atomic E-state index is 13.0. The molecule has 0 N–H and O–H groups in total. The van der Waals surface area contributed by atoms with E-state index in [2.05, 4.69) is 27.0 Å². The zero-order valence-corrected chi connectivity index (χ0v) is 12.6. The number of aromatic nitrogens is 2. The summed E-state index contributed by atoms with van der Waals surface area (Å²) in [6, 6.07) is 11.6. The molecular formula is C17H19FN4. The second kappa shape index (κ2) is 5.32. The molecule has 0 aliphatic carbocycles. The van der Waals surface area contributed by atoms with Crippen molar-refractivity contribution in [2.24, 2.45) is 0 Å². The average molecular weight is 298 g/mol. The first-order chi connectivity index (χ1) is 10.7. The van der Waals surface area contributed by atoms with Crippen molar-refractivity contribution < 1.29 is 4.39 Å². The molecule has 2 saturated heterocycles. The normalized spacial score (nSPS) is 24.7. The summed E-state index contributed by atoms with van der Waals surface area (Å²) >= 11 is 0. The van der Waals surface area contributed by atoms with Crippen molar-refractivity contribution in [3.05, 3.63) is 42.2 Å². The van der Waals surface area contributed by atoms with Gasteiger partial charge in [-0.3, -0.25) is 4.90 Å². The molecule has 0 radical (unpaired) electrons. The lowest BCUT2D eigenvalue weighted by Crippen LogP contribution is -2.52. The zero-order valence-electron chi connectivity index (χ0n) is 12.6. The minimum atomic E-state index is -0.235. The van der Waals surface area contributed by atoms with Gasteiger partial charge in [0, 0.05) is 30.7 Å². The summed E-state index contributed by atoms with van der Waals surface area (Å²) in [5.41, 5.74) is 1.67. The van der Waals surface area contributed by atoms with Gasteiger partial charge in [-0.25, -0.2) is 4.39 Å². The Bertz CT molecular complexity index is 641. The minimum absolute atomic E-state index is 0.235. The van der Waals surface area contributed by atoms with E-state index in [-0.39, 0.29) is 5.82 Å². The van der Waals surface area contributed by atoms with Crippen molar-refractivity contribution >= 4 is 5.82 Å². The van der Waals surface area contributed by atoms with Gasteiger partial charge in [0.25, 0.3) is 0 Å². The smallest absolute Gasteiger partial charge is 0.151 e. The Morgan fingerprint density at radius 3 is 2.23 bits per heavy atom. The average Bonchev–Trinajstić information content (AvgIpc) is 2.77. The number of halogens is 1. The number of nitrogens with zero attached hydrogens (tertiary/aromatic N) is 4. The third-order valence-electron chi connectivity index (χ3n) is 4.96. The molecule has 2 aromatic rings. The Morgan fingerprint density at radius 2 is 1.64 bits per heavy atom. The standard InChI is InChI=1S/C17H19FN4/c1-21-14-6-7-15(21)11-22(10-14)17-9-8-16(19-20-17)12-2-4-13(18)5-3-12/h2-5,8-9,14-15H,6-7,10-11H2,1H3. The first-order valence-electron chi connectivity index (χ1n) is 7.77. The summed E-state index contributed by atoms with van der Waals surface area (Å²) in [4.78, 5) is 4.83. The minimum Gasteiger partial charge on any atom is -0.352 e. The van der Waals surface area contributed by atoms with Gasteiger partial charge in [-0.1, -0.05) is 0 Å². The van der Waals surface area contributed by atoms with Crippen molar-refractivity contribution in [1.82, 2.24) is 15.1 Å². The third-order valence-corrected chi connectivity index (χ3v) is 4.96. The number of rotatable bonds is 2. The van der Waals surface area contributed by atoms with E-state index < -0.39 is 0 Å². The highest BCUT2D eigenvalue weighted by molar-refractivity contribution is 5.59. The van der Waals surface area contributed by atoms with Crippen LogP contribution in [0.4, 0.5) is 10.2 Å². The Kier molecular flexibility index (Phi) is 3.30. The highest BCUT2D eigenvalue weighted by Gasteiger charge is 2.37. The van der Waals surface area contributed by atoms with E-state index in [1.165, 1.54) is 25.0 Å². The summed E-state index contributed by atoms with van der Waals surface area (Å²) in [6.45, 7) is 2.05. The quantitative estimate of drug-likeness (QED) is 0.853. The summed E-state index contributed by atoms with van der Waals surface area (Å²) in [5.74, 6) is 0.706. The fraction of sp³-hybridized carbons (Fsp3) is 0.412. The lowest BCUT2D eigenvalue weighted by atomic mass is 10.1. The first-order valence-corrected chi connectivity index (χ1v) is 7.77. The molecule has 2 bridgehead atoms. The molecule has 3 heterocycles. The van der Waals surface area contributed by atoms with Crippen LogP contribution >= 0.6 is 0 Å². The van der Waals surface area contributed by atoms with Crippen LogP contribution in [0.5, 0.6) is 0 Å². The van der Waals surface area contributed by atoms with Gasteiger partial charge >= 0.3 is 0 Å². The van der Waals surface area contributed by atoms with Crippen LogP contribution in [-0.2, 0) is 0 Å². The summed E-state index contributed by atoms with van der Waals surface area (Å²) in [6.07, 6.45) is 2.55. The van der Waals surface area contributed by atoms with Crippen LogP contribution in [0.1, 0.15) is 12.8 Å². The molecule has 2 aliphatic heterocycles. The van der Waals surface area contributed by atoms with Gasteiger partial charge in [0.15, 0.2) is 5.82 Å². The molecule has 2 aliphatic rings. The molecule has 4 nitrogen and oxygen atoms in total. The number of likely N-dealkylation sites (N-methyl/N-ethyl adjacent to an activating group) is 1. The Hall–Kier alpha value is -2.01. The number of hydrogen-bond donors (Lipinski definition) is 0. The van der Waals surface area contributed by atoms with Crippen LogP contribution in [0, 0.1) is 5.82 Å². The molecule has 2 atom stereocenters. The largest absolute Gasteiger partial charge is 0.352 e. The molecular weight excluding hydrogens is 279 g/mol. The number of benzene rings is 1. The van der Waals surface area contributed by atoms with Crippen LogP contribution in [0.2, 0.25) is 0 Å². The molecule has 1 aromatic heterocycles. The molecule has 2 fully saturated rings. The number of hydrogen-bond acceptors (Lipinski definition) is 4. The van der Waals surface area contributed by atoms with Crippen LogP contribution in [-0.4, -0.2) is 47.3 Å². The maximum atomic E-state index is 13.0. The van der Waals surface area contributed by atoms with E-state index in [1.807, 2.05) is 12.1 Å². The van der Waals surface area contributed by atoms with E-state index in [1.54, 1.807) is 12.1 Å². The number of anilines is 1. The van der Waals surface area contributed by atoms with Gasteiger partial charge in [0.2, 0.25) is 0 Å². The second-order valence-corrected chi connectivity index (χ2v) is 6.24. The predicted octanol–water partition coefficient (Wildman–Crippen LogP) is 2.57. The van der Waals surface area contributed by atoms with Gasteiger partial charge in [0.1, 0.15) is 5.82 Å². The van der Waals surface area contributed by atoms with Crippen molar-refractivity contribution in [3.8, 4) is 11.3 Å². The van der Waals surface area contributed by atoms with Gasteiger partial charge in [0.05, 0.1) is 5.69 Å². The van der Waals surface area contributed by atoms with Crippen LogP contribution < -0.4 is 4.90 Å². The van der Waals surface area contributed by atoms with E-state index in [4.69, 9.17) is 0 Å². The third kappa shape index (κ3) is 2.35. The van der Waals surface area contributed by atoms with Gasteiger partial charge in [-0.05, 0) is 56.3 Å². The molecule has 4 rings (SSSR count). The van der Waals surface area contributed by atoms with Crippen molar-refractivity contribution in [3.63, 3.8) is 0 Å². The van der Waals surface area contributed by atoms with Gasteiger partial charge in [-0.15, -0.1) is 10.2 Å². The van der Waals surface area contributed by atoms with Crippen molar-refractivity contribution in [1.29, 1.82) is 0 Å². The SMILES string of the molecule is CN1C2CCC1CN(c1ccc(-c3ccc(F)cc3)nn1)C2. The van der Waals surface area contributed by atoms with Crippen molar-refractivity contribution in [2.75, 3.05) is 25.0 Å². The first kappa shape index (κ1) is 13.6. The van der Waals surface area contributed by atoms with E-state index >= 15 is 0 Å². The molecule has 0 spiro atoms. The predicted molar refractivity (Wildman–Crippen MR) is 84.2 cm³/mol. The topological polar surface area (TPSA) is 32.3 Å². The van der Waals surface area contributed by atoms with Crippen LogP contribution in [0.3, 0.4) is 0 Å². The monoisotopic (exact) mass is 298 g/mol. The fourth-order valence-electron chi connectivity index (χ4n) is 3.57. The molecule has 5 heteroatoms. The second-order valence-electron chi connectivity index (χ2n) is 6.24. The number of piperazine rings is 1. The highest BCUT2D eigenvalue weighted by atomic mass is 19.1. The zero-order chi connectivity index (χ0) is 15.1.